The number of hydrazone groups is 1. The van der Waals surface area contributed by atoms with Crippen LogP contribution in [0.2, 0.25) is 0 Å². The molecule has 1 fully saturated rings. The molecule has 0 aliphatic carbocycles. The Hall–Kier alpha value is -3.57. The van der Waals surface area contributed by atoms with Crippen LogP contribution in [-0.2, 0) is 11.2 Å². The van der Waals surface area contributed by atoms with Gasteiger partial charge < -0.3 is 26.5 Å². The number of hydrogen-bond donors (Lipinski definition) is 3. The maximum absolute atomic E-state index is 13.3. The minimum absolute atomic E-state index is 0.00419. The number of carbonyl (C=O) groups excluding carboxylic acids is 1. The molecule has 0 aromatic carbocycles. The fourth-order valence-corrected chi connectivity index (χ4v) is 4.61. The van der Waals surface area contributed by atoms with Crippen LogP contribution in [0.15, 0.2) is 17.2 Å². The highest BCUT2D eigenvalue weighted by molar-refractivity contribution is 5.98. The minimum atomic E-state index is -2.86. The Labute approximate surface area is 195 Å². The molecular weight excluding hydrogens is 446 g/mol. The van der Waals surface area contributed by atoms with Gasteiger partial charge in [-0.15, -0.1) is 0 Å². The highest BCUT2D eigenvalue weighted by Gasteiger charge is 2.43. The second-order valence-corrected chi connectivity index (χ2v) is 8.77. The van der Waals surface area contributed by atoms with Gasteiger partial charge in [-0.25, -0.2) is 18.7 Å². The molecule has 0 unspecified atom stereocenters. The summed E-state index contributed by atoms with van der Waals surface area (Å²) in [5.41, 5.74) is 8.21. The number of aromatic nitrogens is 3. The Morgan fingerprint density at radius 3 is 2.74 bits per heavy atom. The van der Waals surface area contributed by atoms with Crippen LogP contribution in [0.4, 0.5) is 14.6 Å². The summed E-state index contributed by atoms with van der Waals surface area (Å²) in [4.78, 5) is 27.2. The number of nitrogens with one attached hydrogen (secondary N) is 1. The molecule has 1 saturated heterocycles. The first-order valence-corrected chi connectivity index (χ1v) is 11.0. The van der Waals surface area contributed by atoms with E-state index in [0.29, 0.717) is 24.3 Å². The number of rotatable bonds is 5. The zero-order valence-corrected chi connectivity index (χ0v) is 19.3. The lowest BCUT2D eigenvalue weighted by atomic mass is 9.86. The number of amidine groups is 1. The van der Waals surface area contributed by atoms with E-state index in [1.807, 2.05) is 13.0 Å². The van der Waals surface area contributed by atoms with E-state index in [9.17, 15) is 13.6 Å². The highest BCUT2D eigenvalue weighted by atomic mass is 19.3. The first-order valence-electron chi connectivity index (χ1n) is 11.0. The van der Waals surface area contributed by atoms with Crippen molar-refractivity contribution in [1.29, 1.82) is 0 Å². The lowest BCUT2D eigenvalue weighted by Crippen LogP contribution is -2.46. The number of ether oxygens (including phenoxy) is 1. The van der Waals surface area contributed by atoms with Crippen LogP contribution >= 0.6 is 0 Å². The van der Waals surface area contributed by atoms with E-state index in [1.165, 1.54) is 13.2 Å². The number of hydrogen-bond acceptors (Lipinski definition) is 8. The van der Waals surface area contributed by atoms with Crippen molar-refractivity contribution in [2.24, 2.45) is 16.7 Å². The van der Waals surface area contributed by atoms with Crippen LogP contribution in [0, 0.1) is 6.92 Å². The van der Waals surface area contributed by atoms with E-state index in [4.69, 9.17) is 16.3 Å². The van der Waals surface area contributed by atoms with Crippen molar-refractivity contribution in [3.8, 4) is 5.88 Å². The van der Waals surface area contributed by atoms with E-state index in [-0.39, 0.29) is 28.9 Å². The number of amides is 1. The maximum Gasteiger partial charge on any atom is 0.297 e. The number of alkyl halides is 2. The molecule has 10 nitrogen and oxygen atoms in total. The number of fused-ring (bicyclic) bond motifs is 1. The van der Waals surface area contributed by atoms with Gasteiger partial charge in [0.2, 0.25) is 11.8 Å². The summed E-state index contributed by atoms with van der Waals surface area (Å²) >= 11 is 0. The van der Waals surface area contributed by atoms with Crippen molar-refractivity contribution in [2.75, 3.05) is 25.5 Å². The summed E-state index contributed by atoms with van der Waals surface area (Å²) in [6, 6.07) is 3.38. The average Bonchev–Trinajstić information content (AvgIpc) is 3.24. The van der Waals surface area contributed by atoms with E-state index >= 15 is 0 Å². The number of aryl methyl sites for hydroxylation is 2. The fraction of sp³-hybridized carbons (Fsp3) is 0.500. The second-order valence-electron chi connectivity index (χ2n) is 8.77. The predicted octanol–water partition coefficient (Wildman–Crippen LogP) is 1.84. The first kappa shape index (κ1) is 23.6. The van der Waals surface area contributed by atoms with E-state index in [2.05, 4.69) is 25.4 Å². The Bertz CT molecular complexity index is 1140. The number of methoxy groups -OCH3 is 1. The molecule has 182 valence electrons. The van der Waals surface area contributed by atoms with Crippen molar-refractivity contribution in [3.63, 3.8) is 0 Å². The van der Waals surface area contributed by atoms with Crippen molar-refractivity contribution >= 4 is 17.6 Å². The smallest absolute Gasteiger partial charge is 0.297 e. The molecule has 5 N–H and O–H groups in total. The Balaban J connectivity index is 1.51. The molecule has 0 radical (unpaired) electrons. The molecule has 2 aromatic heterocycles. The lowest BCUT2D eigenvalue weighted by molar-refractivity contribution is -0.131. The van der Waals surface area contributed by atoms with Crippen LogP contribution in [0.1, 0.15) is 60.4 Å². The maximum atomic E-state index is 13.3. The van der Waals surface area contributed by atoms with Gasteiger partial charge >= 0.3 is 0 Å². The van der Waals surface area contributed by atoms with Crippen molar-refractivity contribution in [1.82, 2.24) is 19.9 Å². The minimum Gasteiger partial charge on any atom is -0.481 e. The van der Waals surface area contributed by atoms with Gasteiger partial charge in [-0.05, 0) is 44.7 Å². The number of nitrogens with two attached hydrogens (primary N) is 2. The molecule has 2 atom stereocenters. The third-order valence-corrected chi connectivity index (χ3v) is 6.59. The number of anilines is 1. The summed E-state index contributed by atoms with van der Waals surface area (Å²) in [5, 5.41) is 7.11. The van der Waals surface area contributed by atoms with Crippen LogP contribution in [0.5, 0.6) is 5.88 Å². The summed E-state index contributed by atoms with van der Waals surface area (Å²) in [7, 11) is 1.33. The molecule has 4 heterocycles. The van der Waals surface area contributed by atoms with Gasteiger partial charge in [-0.2, -0.15) is 10.1 Å². The second kappa shape index (κ2) is 8.99. The molecule has 0 saturated carbocycles. The van der Waals surface area contributed by atoms with Gasteiger partial charge in [0, 0.05) is 24.7 Å². The molecule has 12 heteroatoms. The van der Waals surface area contributed by atoms with E-state index in [0.717, 1.165) is 30.6 Å². The molecule has 2 aliphatic rings. The van der Waals surface area contributed by atoms with Gasteiger partial charge in [0.05, 0.1) is 30.0 Å². The van der Waals surface area contributed by atoms with Crippen LogP contribution < -0.4 is 21.6 Å². The third-order valence-electron chi connectivity index (χ3n) is 6.59. The SMILES string of the molecule is COc1cc([C@H](C)C(=O)N2CC[C@@]3(CCc4cc(/C(N)=N/N)c(C)nc4N3)C2)nc(C(F)F)n1. The first-order chi connectivity index (χ1) is 16.2. The van der Waals surface area contributed by atoms with Gasteiger partial charge in [0.1, 0.15) is 5.82 Å². The molecule has 2 aliphatic heterocycles. The number of carbonyl (C=O) groups is 1. The molecule has 0 bridgehead atoms. The van der Waals surface area contributed by atoms with Crippen LogP contribution in [0.25, 0.3) is 0 Å². The number of nitrogens with zero attached hydrogens (tertiary/aromatic N) is 5. The number of pyridine rings is 1. The molecule has 34 heavy (non-hydrogen) atoms. The molecule has 4 rings (SSSR count). The molecular formula is C22H28F2N8O2. The largest absolute Gasteiger partial charge is 0.481 e. The Kier molecular flexibility index (Phi) is 6.24. The Morgan fingerprint density at radius 2 is 2.06 bits per heavy atom. The summed E-state index contributed by atoms with van der Waals surface area (Å²) in [5.74, 6) is 4.77. The Morgan fingerprint density at radius 1 is 1.29 bits per heavy atom. The fourth-order valence-electron chi connectivity index (χ4n) is 4.61. The number of likely N-dealkylation sites (tertiary alicyclic amines) is 1. The third kappa shape index (κ3) is 4.31. The zero-order chi connectivity index (χ0) is 24.6. The van der Waals surface area contributed by atoms with E-state index < -0.39 is 18.2 Å². The van der Waals surface area contributed by atoms with Crippen molar-refractivity contribution in [3.05, 3.63) is 40.5 Å². The van der Waals surface area contributed by atoms with Gasteiger partial charge in [-0.3, -0.25) is 4.79 Å². The monoisotopic (exact) mass is 474 g/mol. The van der Waals surface area contributed by atoms with Gasteiger partial charge in [0.25, 0.3) is 6.43 Å². The normalized spacial score (nSPS) is 20.9. The molecule has 2 aromatic rings. The zero-order valence-electron chi connectivity index (χ0n) is 19.3. The van der Waals surface area contributed by atoms with Crippen LogP contribution in [0.3, 0.4) is 0 Å². The topological polar surface area (TPSA) is 145 Å². The lowest BCUT2D eigenvalue weighted by Gasteiger charge is -2.36. The number of halogens is 2. The summed E-state index contributed by atoms with van der Waals surface area (Å²) < 4.78 is 31.4. The van der Waals surface area contributed by atoms with Gasteiger partial charge in [0.15, 0.2) is 11.7 Å². The van der Waals surface area contributed by atoms with E-state index in [1.54, 1.807) is 11.8 Å². The summed E-state index contributed by atoms with van der Waals surface area (Å²) in [6.45, 7) is 4.52. The van der Waals surface area contributed by atoms with Crippen LogP contribution in [-0.4, -0.2) is 57.3 Å². The van der Waals surface area contributed by atoms with Gasteiger partial charge in [-0.1, -0.05) is 0 Å². The van der Waals surface area contributed by atoms with Crippen molar-refractivity contribution < 1.29 is 18.3 Å². The standard InChI is InChI=1S/C22H28F2N8O2/c1-11(15-9-16(34-3)29-20(28-15)17(23)24)21(33)32-7-6-22(10-32)5-4-13-8-14(18(25)31-26)12(2)27-19(13)30-22/h8-9,11,17H,4-7,10,26H2,1-3H3,(H2,25,31)(H,27,30)/t11-,22-/m0/s1. The molecule has 1 spiro atoms. The summed E-state index contributed by atoms with van der Waals surface area (Å²) in [6.07, 6.45) is -0.548. The predicted molar refractivity (Wildman–Crippen MR) is 122 cm³/mol. The van der Waals surface area contributed by atoms with Crippen molar-refractivity contribution in [2.45, 2.75) is 51.0 Å². The molecule has 1 amide bonds. The quantitative estimate of drug-likeness (QED) is 0.258. The average molecular weight is 475 g/mol. The highest BCUT2D eigenvalue weighted by Crippen LogP contribution is 2.37.